The Labute approximate surface area is 116 Å². The minimum absolute atomic E-state index is 0.0818. The molecule has 1 aromatic heterocycles. The molecule has 0 saturated heterocycles. The summed E-state index contributed by atoms with van der Waals surface area (Å²) in [6.07, 6.45) is 4.03. The highest BCUT2D eigenvalue weighted by atomic mass is 16.6. The first-order chi connectivity index (χ1) is 9.63. The van der Waals surface area contributed by atoms with Gasteiger partial charge < -0.3 is 9.73 Å². The van der Waals surface area contributed by atoms with Crippen molar-refractivity contribution in [3.63, 3.8) is 0 Å². The minimum Gasteiger partial charge on any atom is -0.444 e. The molecule has 1 aliphatic rings. The van der Waals surface area contributed by atoms with Crippen LogP contribution in [0.4, 0.5) is 5.69 Å². The van der Waals surface area contributed by atoms with Gasteiger partial charge in [-0.15, -0.1) is 0 Å². The van der Waals surface area contributed by atoms with Gasteiger partial charge in [0.2, 0.25) is 5.89 Å². The number of nitro groups is 1. The third-order valence-electron chi connectivity index (χ3n) is 3.35. The summed E-state index contributed by atoms with van der Waals surface area (Å²) < 4.78 is 5.40. The fraction of sp³-hybridized carbons (Fsp3) is 0.357. The van der Waals surface area contributed by atoms with Gasteiger partial charge in [0.05, 0.1) is 10.6 Å². The molecule has 0 aliphatic heterocycles. The molecule has 1 N–H and O–H groups in total. The van der Waals surface area contributed by atoms with Crippen LogP contribution >= 0.6 is 0 Å². The molecule has 1 heterocycles. The second-order valence-electron chi connectivity index (χ2n) is 5.06. The average Bonchev–Trinajstić information content (AvgIpc) is 3.14. The monoisotopic (exact) mass is 273 g/mol. The van der Waals surface area contributed by atoms with Crippen LogP contribution in [0.5, 0.6) is 0 Å². The average molecular weight is 273 g/mol. The molecule has 1 saturated carbocycles. The van der Waals surface area contributed by atoms with Gasteiger partial charge in [0, 0.05) is 29.8 Å². The molecule has 3 rings (SSSR count). The zero-order chi connectivity index (χ0) is 14.1. The summed E-state index contributed by atoms with van der Waals surface area (Å²) in [5, 5.41) is 14.3. The Balaban J connectivity index is 1.81. The van der Waals surface area contributed by atoms with Crippen LogP contribution in [-0.4, -0.2) is 15.9 Å². The number of hydrogen-bond acceptors (Lipinski definition) is 5. The molecule has 6 heteroatoms. The molecule has 1 aromatic carbocycles. The molecule has 6 nitrogen and oxygen atoms in total. The molecule has 1 aliphatic carbocycles. The predicted molar refractivity (Wildman–Crippen MR) is 73.2 cm³/mol. The lowest BCUT2D eigenvalue weighted by Gasteiger charge is -1.99. The van der Waals surface area contributed by atoms with E-state index in [1.807, 2.05) is 0 Å². The molecule has 0 amide bonds. The number of benzene rings is 1. The number of rotatable bonds is 5. The smallest absolute Gasteiger partial charge is 0.273 e. The lowest BCUT2D eigenvalue weighted by molar-refractivity contribution is -0.385. The van der Waals surface area contributed by atoms with Crippen molar-refractivity contribution in [3.05, 3.63) is 45.8 Å². The van der Waals surface area contributed by atoms with Crippen molar-refractivity contribution in [2.75, 3.05) is 0 Å². The van der Waals surface area contributed by atoms with E-state index in [1.165, 1.54) is 18.9 Å². The fourth-order valence-corrected chi connectivity index (χ4v) is 2.00. The first kappa shape index (κ1) is 12.8. The van der Waals surface area contributed by atoms with E-state index in [4.69, 9.17) is 4.42 Å². The van der Waals surface area contributed by atoms with Crippen LogP contribution in [0.2, 0.25) is 0 Å². The van der Waals surface area contributed by atoms with E-state index in [1.54, 1.807) is 25.3 Å². The maximum absolute atomic E-state index is 10.9. The van der Waals surface area contributed by atoms with Gasteiger partial charge in [-0.2, -0.15) is 0 Å². The Bertz CT molecular complexity index is 647. The van der Waals surface area contributed by atoms with Gasteiger partial charge in [0.15, 0.2) is 0 Å². The Hall–Kier alpha value is -2.21. The molecule has 0 atom stereocenters. The summed E-state index contributed by atoms with van der Waals surface area (Å²) in [4.78, 5) is 14.9. The summed E-state index contributed by atoms with van der Waals surface area (Å²) in [5.74, 6) is 0.417. The van der Waals surface area contributed by atoms with Gasteiger partial charge in [0.1, 0.15) is 6.26 Å². The number of nitro benzene ring substituents is 1. The lowest BCUT2D eigenvalue weighted by atomic mass is 10.1. The van der Waals surface area contributed by atoms with Gasteiger partial charge in [-0.3, -0.25) is 10.1 Å². The van der Waals surface area contributed by atoms with Crippen LogP contribution < -0.4 is 5.32 Å². The summed E-state index contributed by atoms with van der Waals surface area (Å²) in [5.41, 5.74) is 2.15. The van der Waals surface area contributed by atoms with Crippen LogP contribution in [0.25, 0.3) is 11.5 Å². The molecule has 0 spiro atoms. The van der Waals surface area contributed by atoms with Crippen molar-refractivity contribution in [2.24, 2.45) is 0 Å². The first-order valence-electron chi connectivity index (χ1n) is 6.56. The van der Waals surface area contributed by atoms with E-state index in [0.29, 0.717) is 29.6 Å². The van der Waals surface area contributed by atoms with Gasteiger partial charge in [0.25, 0.3) is 5.69 Å². The molecule has 0 radical (unpaired) electrons. The normalized spacial score (nSPS) is 14.4. The van der Waals surface area contributed by atoms with E-state index in [2.05, 4.69) is 10.3 Å². The largest absolute Gasteiger partial charge is 0.444 e. The Morgan fingerprint density at radius 3 is 3.00 bits per heavy atom. The van der Waals surface area contributed by atoms with Crippen molar-refractivity contribution in [1.29, 1.82) is 0 Å². The zero-order valence-electron chi connectivity index (χ0n) is 11.1. The van der Waals surface area contributed by atoms with Crippen LogP contribution in [0.3, 0.4) is 0 Å². The predicted octanol–water partition coefficient (Wildman–Crippen LogP) is 2.81. The van der Waals surface area contributed by atoms with Gasteiger partial charge in [-0.05, 0) is 25.8 Å². The maximum Gasteiger partial charge on any atom is 0.273 e. The second-order valence-corrected chi connectivity index (χ2v) is 5.06. The van der Waals surface area contributed by atoms with Crippen molar-refractivity contribution >= 4 is 5.69 Å². The standard InChI is InChI=1S/C14H15N3O3/c1-9-2-3-10(6-13(9)17(18)19)14-16-12(8-20-14)7-15-11-4-5-11/h2-3,6,8,11,15H,4-5,7H2,1H3. The van der Waals surface area contributed by atoms with E-state index in [0.717, 1.165) is 5.69 Å². The quantitative estimate of drug-likeness (QED) is 0.669. The number of aryl methyl sites for hydroxylation is 1. The number of oxazole rings is 1. The van der Waals surface area contributed by atoms with Gasteiger partial charge >= 0.3 is 0 Å². The molecule has 0 bridgehead atoms. The van der Waals surface area contributed by atoms with Gasteiger partial charge in [-0.1, -0.05) is 6.07 Å². The first-order valence-corrected chi connectivity index (χ1v) is 6.56. The summed E-state index contributed by atoms with van der Waals surface area (Å²) in [6, 6.07) is 5.60. The number of aromatic nitrogens is 1. The number of hydrogen-bond donors (Lipinski definition) is 1. The molecular formula is C14H15N3O3. The van der Waals surface area contributed by atoms with Crippen LogP contribution in [-0.2, 0) is 6.54 Å². The highest BCUT2D eigenvalue weighted by Gasteiger charge is 2.21. The van der Waals surface area contributed by atoms with E-state index in [-0.39, 0.29) is 5.69 Å². The van der Waals surface area contributed by atoms with Crippen molar-refractivity contribution < 1.29 is 9.34 Å². The molecular weight excluding hydrogens is 258 g/mol. The van der Waals surface area contributed by atoms with Gasteiger partial charge in [-0.25, -0.2) is 4.98 Å². The molecule has 20 heavy (non-hydrogen) atoms. The fourth-order valence-electron chi connectivity index (χ4n) is 2.00. The second kappa shape index (κ2) is 5.05. The summed E-state index contributed by atoms with van der Waals surface area (Å²) in [6.45, 7) is 2.38. The summed E-state index contributed by atoms with van der Waals surface area (Å²) >= 11 is 0. The van der Waals surface area contributed by atoms with E-state index < -0.39 is 4.92 Å². The van der Waals surface area contributed by atoms with Crippen LogP contribution in [0.15, 0.2) is 28.9 Å². The number of nitrogens with zero attached hydrogens (tertiary/aromatic N) is 2. The number of nitrogens with one attached hydrogen (secondary N) is 1. The zero-order valence-corrected chi connectivity index (χ0v) is 11.1. The Morgan fingerprint density at radius 1 is 1.50 bits per heavy atom. The molecule has 2 aromatic rings. The highest BCUT2D eigenvalue weighted by Crippen LogP contribution is 2.26. The van der Waals surface area contributed by atoms with Crippen molar-refractivity contribution in [3.8, 4) is 11.5 Å². The molecule has 104 valence electrons. The highest BCUT2D eigenvalue weighted by molar-refractivity contribution is 5.60. The minimum atomic E-state index is -0.392. The van der Waals surface area contributed by atoms with Crippen molar-refractivity contribution in [1.82, 2.24) is 10.3 Å². The third-order valence-corrected chi connectivity index (χ3v) is 3.35. The topological polar surface area (TPSA) is 81.2 Å². The Morgan fingerprint density at radius 2 is 2.30 bits per heavy atom. The molecule has 0 unspecified atom stereocenters. The van der Waals surface area contributed by atoms with E-state index >= 15 is 0 Å². The van der Waals surface area contributed by atoms with E-state index in [9.17, 15) is 10.1 Å². The summed E-state index contributed by atoms with van der Waals surface area (Å²) in [7, 11) is 0. The SMILES string of the molecule is Cc1ccc(-c2nc(CNC3CC3)co2)cc1[N+](=O)[O-]. The maximum atomic E-state index is 10.9. The molecule has 1 fully saturated rings. The lowest BCUT2D eigenvalue weighted by Crippen LogP contribution is -2.15. The van der Waals surface area contributed by atoms with Crippen LogP contribution in [0.1, 0.15) is 24.1 Å². The van der Waals surface area contributed by atoms with Crippen LogP contribution in [0, 0.1) is 17.0 Å². The van der Waals surface area contributed by atoms with Crippen molar-refractivity contribution in [2.45, 2.75) is 32.4 Å². The third kappa shape index (κ3) is 2.70. The Kier molecular flexibility index (Phi) is 3.23.